The second kappa shape index (κ2) is 8.08. The quantitative estimate of drug-likeness (QED) is 0.632. The lowest BCUT2D eigenvalue weighted by Gasteiger charge is -2.25. The van der Waals surface area contributed by atoms with Gasteiger partial charge in [0.2, 0.25) is 0 Å². The molecule has 92 valence electrons. The molecular formula is C12H27NO2. The number of likely N-dealkylation sites (N-methyl/N-ethyl adjacent to an activating group) is 1. The average molecular weight is 217 g/mol. The molecule has 3 nitrogen and oxygen atoms in total. The largest absolute Gasteiger partial charge is 0.385 e. The van der Waals surface area contributed by atoms with Crippen LogP contribution in [-0.2, 0) is 9.47 Å². The molecule has 0 aromatic heterocycles. The first-order valence-corrected chi connectivity index (χ1v) is 5.86. The molecule has 0 aliphatic heterocycles. The van der Waals surface area contributed by atoms with Gasteiger partial charge in [0.1, 0.15) is 0 Å². The summed E-state index contributed by atoms with van der Waals surface area (Å²) in [5.41, 5.74) is -0.0467. The maximum absolute atomic E-state index is 5.77. The summed E-state index contributed by atoms with van der Waals surface area (Å²) in [6, 6.07) is 0.448. The highest BCUT2D eigenvalue weighted by atomic mass is 16.5. The van der Waals surface area contributed by atoms with Crippen molar-refractivity contribution < 1.29 is 9.47 Å². The highest BCUT2D eigenvalue weighted by Crippen LogP contribution is 2.09. The molecule has 0 aromatic rings. The zero-order valence-corrected chi connectivity index (χ0v) is 10.9. The van der Waals surface area contributed by atoms with Crippen molar-refractivity contribution in [1.29, 1.82) is 0 Å². The Balaban J connectivity index is 3.72. The van der Waals surface area contributed by atoms with Crippen LogP contribution in [0.25, 0.3) is 0 Å². The predicted octanol–water partition coefficient (Wildman–Crippen LogP) is 2.21. The Hall–Kier alpha value is -0.120. The molecule has 1 atom stereocenters. The van der Waals surface area contributed by atoms with Gasteiger partial charge in [-0.3, -0.25) is 0 Å². The van der Waals surface area contributed by atoms with Gasteiger partial charge in [-0.25, -0.2) is 0 Å². The second-order valence-electron chi connectivity index (χ2n) is 4.81. The van der Waals surface area contributed by atoms with Gasteiger partial charge in [0.15, 0.2) is 0 Å². The van der Waals surface area contributed by atoms with Gasteiger partial charge in [0, 0.05) is 19.8 Å². The minimum Gasteiger partial charge on any atom is -0.385 e. The molecular weight excluding hydrogens is 190 g/mol. The van der Waals surface area contributed by atoms with Crippen LogP contribution in [0.5, 0.6) is 0 Å². The Morgan fingerprint density at radius 1 is 1.27 bits per heavy atom. The third-order valence-electron chi connectivity index (χ3n) is 2.11. The fourth-order valence-corrected chi connectivity index (χ4v) is 1.36. The van der Waals surface area contributed by atoms with E-state index in [2.05, 4.69) is 33.0 Å². The van der Waals surface area contributed by atoms with Crippen LogP contribution in [0, 0.1) is 0 Å². The van der Waals surface area contributed by atoms with E-state index in [0.717, 1.165) is 32.6 Å². The third-order valence-corrected chi connectivity index (χ3v) is 2.11. The van der Waals surface area contributed by atoms with Crippen LogP contribution in [-0.4, -0.2) is 38.5 Å². The first-order valence-electron chi connectivity index (χ1n) is 5.86. The Morgan fingerprint density at radius 3 is 2.40 bits per heavy atom. The topological polar surface area (TPSA) is 30.5 Å². The van der Waals surface area contributed by atoms with Crippen molar-refractivity contribution in [2.24, 2.45) is 0 Å². The lowest BCUT2D eigenvalue weighted by molar-refractivity contribution is -0.0160. The lowest BCUT2D eigenvalue weighted by atomic mass is 10.1. The number of hydrogen-bond donors (Lipinski definition) is 1. The van der Waals surface area contributed by atoms with E-state index in [9.17, 15) is 0 Å². The molecule has 1 N–H and O–H groups in total. The maximum Gasteiger partial charge on any atom is 0.0626 e. The van der Waals surface area contributed by atoms with Gasteiger partial charge in [0.25, 0.3) is 0 Å². The summed E-state index contributed by atoms with van der Waals surface area (Å²) in [6.07, 6.45) is 2.19. The zero-order chi connectivity index (χ0) is 11.7. The molecule has 0 rings (SSSR count). The zero-order valence-electron chi connectivity index (χ0n) is 10.9. The molecule has 0 saturated carbocycles. The summed E-state index contributed by atoms with van der Waals surface area (Å²) < 4.78 is 10.8. The number of methoxy groups -OCH3 is 1. The van der Waals surface area contributed by atoms with Gasteiger partial charge < -0.3 is 14.8 Å². The minimum absolute atomic E-state index is 0.0467. The number of nitrogens with one attached hydrogen (secondary N) is 1. The standard InChI is InChI=1S/C12H27NO2/c1-6-13-11(8-7-9-14-5)10-15-12(2,3)4/h11,13H,6-10H2,1-5H3. The van der Waals surface area contributed by atoms with Crippen LogP contribution in [0.2, 0.25) is 0 Å². The lowest BCUT2D eigenvalue weighted by Crippen LogP contribution is -2.36. The smallest absolute Gasteiger partial charge is 0.0626 e. The number of hydrogen-bond acceptors (Lipinski definition) is 3. The highest BCUT2D eigenvalue weighted by molar-refractivity contribution is 4.68. The molecule has 0 fully saturated rings. The summed E-state index contributed by atoms with van der Waals surface area (Å²) in [6.45, 7) is 11.0. The van der Waals surface area contributed by atoms with Crippen molar-refractivity contribution in [3.05, 3.63) is 0 Å². The minimum atomic E-state index is -0.0467. The Kier molecular flexibility index (Phi) is 8.02. The van der Waals surface area contributed by atoms with Crippen LogP contribution in [0.4, 0.5) is 0 Å². The second-order valence-corrected chi connectivity index (χ2v) is 4.81. The molecule has 0 spiro atoms. The Morgan fingerprint density at radius 2 is 1.93 bits per heavy atom. The van der Waals surface area contributed by atoms with Gasteiger partial charge in [-0.15, -0.1) is 0 Å². The van der Waals surface area contributed by atoms with E-state index in [-0.39, 0.29) is 5.60 Å². The molecule has 0 aromatic carbocycles. The third kappa shape index (κ3) is 10.2. The monoisotopic (exact) mass is 217 g/mol. The summed E-state index contributed by atoms with van der Waals surface area (Å²) in [5.74, 6) is 0. The van der Waals surface area contributed by atoms with Crippen molar-refractivity contribution in [2.75, 3.05) is 26.9 Å². The van der Waals surface area contributed by atoms with Crippen molar-refractivity contribution in [3.8, 4) is 0 Å². The van der Waals surface area contributed by atoms with E-state index in [0.29, 0.717) is 6.04 Å². The first-order chi connectivity index (χ1) is 6.99. The molecule has 3 heteroatoms. The number of ether oxygens (including phenoxy) is 2. The molecule has 0 bridgehead atoms. The summed E-state index contributed by atoms with van der Waals surface area (Å²) in [7, 11) is 1.74. The van der Waals surface area contributed by atoms with Crippen molar-refractivity contribution >= 4 is 0 Å². The first kappa shape index (κ1) is 14.9. The Bertz CT molecular complexity index is 143. The van der Waals surface area contributed by atoms with Crippen molar-refractivity contribution in [2.45, 2.75) is 52.2 Å². The van der Waals surface area contributed by atoms with Crippen LogP contribution in [0.1, 0.15) is 40.5 Å². The molecule has 0 amide bonds. The fourth-order valence-electron chi connectivity index (χ4n) is 1.36. The van der Waals surface area contributed by atoms with E-state index in [4.69, 9.17) is 9.47 Å². The molecule has 0 aliphatic carbocycles. The fraction of sp³-hybridized carbons (Fsp3) is 1.00. The van der Waals surface area contributed by atoms with Crippen LogP contribution in [0.15, 0.2) is 0 Å². The molecule has 0 saturated heterocycles. The van der Waals surface area contributed by atoms with Crippen LogP contribution >= 0.6 is 0 Å². The number of rotatable bonds is 8. The summed E-state index contributed by atoms with van der Waals surface area (Å²) in [4.78, 5) is 0. The van der Waals surface area contributed by atoms with Crippen LogP contribution < -0.4 is 5.32 Å². The predicted molar refractivity (Wildman–Crippen MR) is 64.3 cm³/mol. The Labute approximate surface area is 94.5 Å². The molecule has 0 aliphatic rings. The van der Waals surface area contributed by atoms with E-state index < -0.39 is 0 Å². The van der Waals surface area contributed by atoms with Gasteiger partial charge >= 0.3 is 0 Å². The van der Waals surface area contributed by atoms with Crippen molar-refractivity contribution in [3.63, 3.8) is 0 Å². The molecule has 0 heterocycles. The summed E-state index contributed by atoms with van der Waals surface area (Å²) >= 11 is 0. The van der Waals surface area contributed by atoms with Gasteiger partial charge in [0.05, 0.1) is 12.2 Å². The maximum atomic E-state index is 5.77. The SMILES string of the molecule is CCNC(CCCOC)COC(C)(C)C. The molecule has 0 radical (unpaired) electrons. The molecule has 15 heavy (non-hydrogen) atoms. The van der Waals surface area contributed by atoms with Crippen molar-refractivity contribution in [1.82, 2.24) is 5.32 Å². The van der Waals surface area contributed by atoms with Gasteiger partial charge in [-0.1, -0.05) is 6.92 Å². The highest BCUT2D eigenvalue weighted by Gasteiger charge is 2.14. The normalized spacial score (nSPS) is 14.2. The van der Waals surface area contributed by atoms with Gasteiger partial charge in [-0.2, -0.15) is 0 Å². The van der Waals surface area contributed by atoms with Crippen LogP contribution in [0.3, 0.4) is 0 Å². The van der Waals surface area contributed by atoms with E-state index in [1.54, 1.807) is 7.11 Å². The van der Waals surface area contributed by atoms with E-state index >= 15 is 0 Å². The van der Waals surface area contributed by atoms with Gasteiger partial charge in [-0.05, 0) is 40.2 Å². The molecule has 1 unspecified atom stereocenters. The summed E-state index contributed by atoms with van der Waals surface area (Å²) in [5, 5.41) is 3.43. The average Bonchev–Trinajstić information content (AvgIpc) is 2.13. The van der Waals surface area contributed by atoms with E-state index in [1.807, 2.05) is 0 Å². The van der Waals surface area contributed by atoms with E-state index in [1.165, 1.54) is 0 Å².